The first-order valence-corrected chi connectivity index (χ1v) is 11.0. The molecule has 4 heteroatoms. The van der Waals surface area contributed by atoms with Crippen LogP contribution in [0.2, 0.25) is 0 Å². The fourth-order valence-electron chi connectivity index (χ4n) is 4.55. The topological polar surface area (TPSA) is 39.2 Å². The standard InChI is InChI=1S/C27H28FNO2/c1-4-31-24(30)16-23-25(19-12-14-20(28)15-13-19)22-11-7-9-18-8-5-6-10-21(18)27(22)29-26(23)17(2)3/h5-6,8,10,12-15,17H,4,7,9,11,16H2,1-3H3. The maximum atomic E-state index is 13.7. The third-order valence-electron chi connectivity index (χ3n) is 5.88. The molecule has 0 radical (unpaired) electrons. The average Bonchev–Trinajstić information content (AvgIpc) is 2.93. The van der Waals surface area contributed by atoms with Crippen molar-refractivity contribution in [2.24, 2.45) is 0 Å². The number of esters is 1. The summed E-state index contributed by atoms with van der Waals surface area (Å²) in [6, 6.07) is 15.0. The van der Waals surface area contributed by atoms with E-state index in [4.69, 9.17) is 9.72 Å². The van der Waals surface area contributed by atoms with Crippen molar-refractivity contribution < 1.29 is 13.9 Å². The molecular formula is C27H28FNO2. The molecule has 0 spiro atoms. The van der Waals surface area contributed by atoms with Crippen LogP contribution in [0.5, 0.6) is 0 Å². The van der Waals surface area contributed by atoms with Gasteiger partial charge in [0.25, 0.3) is 0 Å². The van der Waals surface area contributed by atoms with Gasteiger partial charge in [-0.1, -0.05) is 50.2 Å². The van der Waals surface area contributed by atoms with Crippen molar-refractivity contribution in [1.82, 2.24) is 4.98 Å². The molecule has 0 saturated heterocycles. The van der Waals surface area contributed by atoms with Crippen LogP contribution in [-0.2, 0) is 28.8 Å². The normalized spacial score (nSPS) is 12.8. The molecule has 31 heavy (non-hydrogen) atoms. The van der Waals surface area contributed by atoms with Gasteiger partial charge in [-0.25, -0.2) is 4.39 Å². The Morgan fingerprint density at radius 2 is 1.84 bits per heavy atom. The summed E-state index contributed by atoms with van der Waals surface area (Å²) < 4.78 is 19.0. The van der Waals surface area contributed by atoms with Crippen LogP contribution in [0.15, 0.2) is 48.5 Å². The molecule has 3 nitrogen and oxygen atoms in total. The zero-order chi connectivity index (χ0) is 22.0. The molecule has 0 fully saturated rings. The summed E-state index contributed by atoms with van der Waals surface area (Å²) >= 11 is 0. The fourth-order valence-corrected chi connectivity index (χ4v) is 4.55. The van der Waals surface area contributed by atoms with Crippen molar-refractivity contribution in [3.8, 4) is 22.4 Å². The number of rotatable bonds is 5. The van der Waals surface area contributed by atoms with Crippen LogP contribution >= 0.6 is 0 Å². The highest BCUT2D eigenvalue weighted by Gasteiger charge is 2.27. The van der Waals surface area contributed by atoms with E-state index in [1.807, 2.05) is 6.92 Å². The smallest absolute Gasteiger partial charge is 0.310 e. The second kappa shape index (κ2) is 9.01. The zero-order valence-electron chi connectivity index (χ0n) is 18.4. The van der Waals surface area contributed by atoms with E-state index in [1.165, 1.54) is 17.7 Å². The number of carbonyl (C=O) groups is 1. The first kappa shape index (κ1) is 21.2. The van der Waals surface area contributed by atoms with E-state index in [0.717, 1.165) is 58.5 Å². The Morgan fingerprint density at radius 3 is 2.55 bits per heavy atom. The number of ether oxygens (including phenoxy) is 1. The number of benzene rings is 2. The molecule has 4 rings (SSSR count). The molecular weight excluding hydrogens is 389 g/mol. The van der Waals surface area contributed by atoms with Gasteiger partial charge in [0, 0.05) is 11.3 Å². The van der Waals surface area contributed by atoms with Crippen LogP contribution in [0.25, 0.3) is 22.4 Å². The fraction of sp³-hybridized carbons (Fsp3) is 0.333. The van der Waals surface area contributed by atoms with Crippen LogP contribution in [0.1, 0.15) is 55.5 Å². The zero-order valence-corrected chi connectivity index (χ0v) is 18.4. The summed E-state index contributed by atoms with van der Waals surface area (Å²) in [4.78, 5) is 17.7. The molecule has 0 saturated carbocycles. The Hall–Kier alpha value is -3.01. The number of pyridine rings is 1. The summed E-state index contributed by atoms with van der Waals surface area (Å²) in [5.41, 5.74) is 8.32. The lowest BCUT2D eigenvalue weighted by molar-refractivity contribution is -0.142. The van der Waals surface area contributed by atoms with Gasteiger partial charge in [-0.05, 0) is 72.1 Å². The summed E-state index contributed by atoms with van der Waals surface area (Å²) in [5.74, 6) is -0.404. The van der Waals surface area contributed by atoms with Crippen LogP contribution in [0.3, 0.4) is 0 Å². The molecule has 0 amide bonds. The highest BCUT2D eigenvalue weighted by atomic mass is 19.1. The summed E-state index contributed by atoms with van der Waals surface area (Å²) in [6.45, 7) is 6.35. The Kier molecular flexibility index (Phi) is 6.17. The van der Waals surface area contributed by atoms with E-state index in [-0.39, 0.29) is 24.1 Å². The first-order chi connectivity index (χ1) is 15.0. The first-order valence-electron chi connectivity index (χ1n) is 11.0. The van der Waals surface area contributed by atoms with Crippen molar-refractivity contribution in [3.05, 3.63) is 76.7 Å². The Morgan fingerprint density at radius 1 is 1.10 bits per heavy atom. The van der Waals surface area contributed by atoms with Gasteiger partial charge in [-0.3, -0.25) is 9.78 Å². The van der Waals surface area contributed by atoms with Crippen molar-refractivity contribution >= 4 is 5.97 Å². The minimum absolute atomic E-state index is 0.129. The number of carbonyl (C=O) groups excluding carboxylic acids is 1. The van der Waals surface area contributed by atoms with Gasteiger partial charge < -0.3 is 4.74 Å². The van der Waals surface area contributed by atoms with Crippen molar-refractivity contribution in [1.29, 1.82) is 0 Å². The third-order valence-corrected chi connectivity index (χ3v) is 5.88. The maximum absolute atomic E-state index is 13.7. The molecule has 2 aromatic carbocycles. The minimum Gasteiger partial charge on any atom is -0.466 e. The van der Waals surface area contributed by atoms with Gasteiger partial charge in [0.15, 0.2) is 0 Å². The van der Waals surface area contributed by atoms with Crippen LogP contribution in [0, 0.1) is 5.82 Å². The summed E-state index contributed by atoms with van der Waals surface area (Å²) in [7, 11) is 0. The van der Waals surface area contributed by atoms with E-state index in [1.54, 1.807) is 12.1 Å². The van der Waals surface area contributed by atoms with Gasteiger partial charge in [0.05, 0.1) is 18.7 Å². The number of hydrogen-bond acceptors (Lipinski definition) is 3. The molecule has 1 aliphatic carbocycles. The summed E-state index contributed by atoms with van der Waals surface area (Å²) in [6.07, 6.45) is 3.01. The second-order valence-electron chi connectivity index (χ2n) is 8.33. The monoisotopic (exact) mass is 417 g/mol. The SMILES string of the molecule is CCOC(=O)Cc1c(C(C)C)nc2c(c1-c1ccc(F)cc1)CCCc1ccccc1-2. The van der Waals surface area contributed by atoms with Gasteiger partial charge in [0.2, 0.25) is 0 Å². The van der Waals surface area contributed by atoms with Crippen molar-refractivity contribution in [2.45, 2.75) is 52.4 Å². The van der Waals surface area contributed by atoms with E-state index < -0.39 is 0 Å². The molecule has 0 N–H and O–H groups in total. The molecule has 1 aliphatic rings. The lowest BCUT2D eigenvalue weighted by atomic mass is 9.85. The van der Waals surface area contributed by atoms with Crippen LogP contribution < -0.4 is 0 Å². The number of aromatic nitrogens is 1. The highest BCUT2D eigenvalue weighted by molar-refractivity contribution is 5.85. The molecule has 160 valence electrons. The third kappa shape index (κ3) is 4.25. The second-order valence-corrected chi connectivity index (χ2v) is 8.33. The average molecular weight is 418 g/mol. The van der Waals surface area contributed by atoms with Crippen molar-refractivity contribution in [3.63, 3.8) is 0 Å². The van der Waals surface area contributed by atoms with Gasteiger partial charge in [0.1, 0.15) is 5.82 Å². The maximum Gasteiger partial charge on any atom is 0.310 e. The number of nitrogens with zero attached hydrogens (tertiary/aromatic N) is 1. The largest absolute Gasteiger partial charge is 0.466 e. The molecule has 0 bridgehead atoms. The van der Waals surface area contributed by atoms with Gasteiger partial charge in [-0.2, -0.15) is 0 Å². The minimum atomic E-state index is -0.273. The van der Waals surface area contributed by atoms with E-state index in [0.29, 0.717) is 6.61 Å². The molecule has 0 unspecified atom stereocenters. The Bertz CT molecular complexity index is 1100. The van der Waals surface area contributed by atoms with Crippen molar-refractivity contribution in [2.75, 3.05) is 6.61 Å². The number of fused-ring (bicyclic) bond motifs is 3. The summed E-state index contributed by atoms with van der Waals surface area (Å²) in [5, 5.41) is 0. The molecule has 1 heterocycles. The lowest BCUT2D eigenvalue weighted by Gasteiger charge is -2.23. The quantitative estimate of drug-likeness (QED) is 0.459. The predicted octanol–water partition coefficient (Wildman–Crippen LogP) is 6.27. The predicted molar refractivity (Wildman–Crippen MR) is 122 cm³/mol. The van der Waals surface area contributed by atoms with Crippen LogP contribution in [-0.4, -0.2) is 17.6 Å². The molecule has 1 aromatic heterocycles. The van der Waals surface area contributed by atoms with Crippen LogP contribution in [0.4, 0.5) is 4.39 Å². The van der Waals surface area contributed by atoms with E-state index in [2.05, 4.69) is 38.1 Å². The number of hydrogen-bond donors (Lipinski definition) is 0. The van der Waals surface area contributed by atoms with E-state index >= 15 is 0 Å². The highest BCUT2D eigenvalue weighted by Crippen LogP contribution is 2.41. The molecule has 0 atom stereocenters. The van der Waals surface area contributed by atoms with E-state index in [9.17, 15) is 9.18 Å². The number of aryl methyl sites for hydroxylation is 1. The lowest BCUT2D eigenvalue weighted by Crippen LogP contribution is -2.15. The number of halogens is 1. The Balaban J connectivity index is 2.04. The molecule has 0 aliphatic heterocycles. The Labute approximate surface area is 183 Å². The van der Waals surface area contributed by atoms with Gasteiger partial charge >= 0.3 is 5.97 Å². The van der Waals surface area contributed by atoms with Gasteiger partial charge in [-0.15, -0.1) is 0 Å². The molecule has 3 aromatic rings.